The van der Waals surface area contributed by atoms with E-state index in [9.17, 15) is 28.0 Å². The molecule has 0 unspecified atom stereocenters. The molecule has 0 fully saturated rings. The summed E-state index contributed by atoms with van der Waals surface area (Å²) >= 11 is 0. The van der Waals surface area contributed by atoms with Crippen LogP contribution in [0.25, 0.3) is 38.8 Å². The van der Waals surface area contributed by atoms with Gasteiger partial charge in [0.05, 0.1) is 11.4 Å². The quantitative estimate of drug-likeness (QED) is 0.224. The van der Waals surface area contributed by atoms with E-state index in [0.717, 1.165) is 48.0 Å². The number of nitrogens with one attached hydrogen (secondary N) is 1. The van der Waals surface area contributed by atoms with Gasteiger partial charge in [0.25, 0.3) is 0 Å². The van der Waals surface area contributed by atoms with Crippen molar-refractivity contribution in [2.24, 2.45) is 12.8 Å². The van der Waals surface area contributed by atoms with Crippen molar-refractivity contribution in [2.75, 3.05) is 19.6 Å². The summed E-state index contributed by atoms with van der Waals surface area (Å²) in [5.74, 6) is -2.62. The van der Waals surface area contributed by atoms with Gasteiger partial charge < -0.3 is 25.0 Å². The second-order valence-corrected chi connectivity index (χ2v) is 10.1. The molecule has 0 atom stereocenters. The van der Waals surface area contributed by atoms with Crippen molar-refractivity contribution in [3.05, 3.63) is 77.1 Å². The van der Waals surface area contributed by atoms with E-state index in [1.165, 1.54) is 0 Å². The fraction of sp³-hybridized carbons (Fsp3) is 0.300. The predicted molar refractivity (Wildman–Crippen MR) is 156 cm³/mol. The van der Waals surface area contributed by atoms with Gasteiger partial charge in [-0.2, -0.15) is 18.4 Å². The van der Waals surface area contributed by atoms with Gasteiger partial charge in [-0.15, -0.1) is 4.73 Å². The lowest BCUT2D eigenvalue weighted by Gasteiger charge is -2.07. The Morgan fingerprint density at radius 1 is 1.00 bits per heavy atom. The zero-order chi connectivity index (χ0) is 30.7. The molecule has 0 aliphatic rings. The third kappa shape index (κ3) is 5.67. The van der Waals surface area contributed by atoms with Crippen molar-refractivity contribution >= 4 is 27.8 Å². The first-order chi connectivity index (χ1) is 20.7. The van der Waals surface area contributed by atoms with Crippen LogP contribution in [0, 0.1) is 11.3 Å². The predicted octanol–water partition coefficient (Wildman–Crippen LogP) is 3.86. The second-order valence-electron chi connectivity index (χ2n) is 10.1. The Bertz CT molecular complexity index is 1890. The Balaban J connectivity index is 1.68. The molecule has 0 radical (unpaired) electrons. The first-order valence-corrected chi connectivity index (χ1v) is 13.8. The molecule has 3 N–H and O–H groups in total. The number of carbonyl (C=O) groups excluding carboxylic acids is 1. The maximum atomic E-state index is 13.8. The topological polar surface area (TPSA) is 125 Å². The molecule has 13 heteroatoms. The van der Waals surface area contributed by atoms with E-state index in [4.69, 9.17) is 5.73 Å². The van der Waals surface area contributed by atoms with Crippen LogP contribution < -0.4 is 21.6 Å². The van der Waals surface area contributed by atoms with Crippen LogP contribution in [-0.4, -0.2) is 50.2 Å². The number of rotatable bonds is 11. The summed E-state index contributed by atoms with van der Waals surface area (Å²) in [7, 11) is 1.76. The molecule has 0 saturated carbocycles. The van der Waals surface area contributed by atoms with E-state index >= 15 is 0 Å². The summed E-state index contributed by atoms with van der Waals surface area (Å²) in [6, 6.07) is 16.3. The molecular weight excluding hydrogens is 563 g/mol. The molecule has 0 bridgehead atoms. The van der Waals surface area contributed by atoms with Crippen LogP contribution in [0.5, 0.6) is 0 Å². The molecular formula is C30H30F3N7O3. The van der Waals surface area contributed by atoms with Crippen molar-refractivity contribution in [1.82, 2.24) is 23.7 Å². The lowest BCUT2D eigenvalue weighted by atomic mass is 10.1. The number of carbonyl (C=O) groups is 1. The molecule has 224 valence electrons. The lowest BCUT2D eigenvalue weighted by molar-refractivity contribution is -0.200. The minimum Gasteiger partial charge on any atom is -0.348 e. The van der Waals surface area contributed by atoms with Gasteiger partial charge in [0.1, 0.15) is 6.07 Å². The maximum absolute atomic E-state index is 13.8. The highest BCUT2D eigenvalue weighted by Gasteiger charge is 2.43. The number of nitrogens with two attached hydrogens (primary N) is 1. The molecule has 43 heavy (non-hydrogen) atoms. The highest BCUT2D eigenvalue weighted by Crippen LogP contribution is 2.36. The average Bonchev–Trinajstić information content (AvgIpc) is 3.61. The van der Waals surface area contributed by atoms with Crippen molar-refractivity contribution in [2.45, 2.75) is 32.0 Å². The van der Waals surface area contributed by atoms with Crippen LogP contribution in [0.1, 0.15) is 25.0 Å². The van der Waals surface area contributed by atoms with Gasteiger partial charge >= 0.3 is 17.8 Å². The number of hydrogen-bond acceptors (Lipinski definition) is 6. The number of imidazole rings is 1. The zero-order valence-electron chi connectivity index (χ0n) is 23.4. The van der Waals surface area contributed by atoms with Gasteiger partial charge in [-0.1, -0.05) is 36.4 Å². The standard InChI is InChI=1S/C30H30F3N7O3/c1-37-19-26(21-10-3-4-11-23(21)37)39-27(25(17-35)40(29(39)42)43-28(41)30(31,32)33)22-18-38(24-12-5-2-9-20(22)24)16-8-15-36-14-7-6-13-34/h2-5,9-12,18-19,36H,6-8,13-16,34H2,1H3. The lowest BCUT2D eigenvalue weighted by Crippen LogP contribution is -2.39. The number of alkyl halides is 3. The van der Waals surface area contributed by atoms with Crippen molar-refractivity contribution in [3.63, 3.8) is 0 Å². The molecule has 3 heterocycles. The largest absolute Gasteiger partial charge is 0.493 e. The number of nitriles is 1. The Labute approximate surface area is 244 Å². The highest BCUT2D eigenvalue weighted by atomic mass is 19.4. The number of para-hydroxylation sites is 2. The number of hydrogen-bond donors (Lipinski definition) is 2. The zero-order valence-corrected chi connectivity index (χ0v) is 23.4. The summed E-state index contributed by atoms with van der Waals surface area (Å²) < 4.78 is 44.6. The minimum absolute atomic E-state index is 0.00804. The van der Waals surface area contributed by atoms with Crippen LogP contribution in [0.4, 0.5) is 13.2 Å². The van der Waals surface area contributed by atoms with Gasteiger partial charge in [0.15, 0.2) is 5.69 Å². The third-order valence-electron chi connectivity index (χ3n) is 7.25. The normalized spacial score (nSPS) is 11.8. The number of halogens is 3. The van der Waals surface area contributed by atoms with Crippen LogP contribution in [0.15, 0.2) is 65.7 Å². The van der Waals surface area contributed by atoms with Crippen molar-refractivity contribution < 1.29 is 22.8 Å². The number of nitrogens with zero attached hydrogens (tertiary/aromatic N) is 5. The summed E-state index contributed by atoms with van der Waals surface area (Å²) in [5.41, 5.74) is 6.18. The molecule has 0 saturated heterocycles. The van der Waals surface area contributed by atoms with E-state index in [-0.39, 0.29) is 10.4 Å². The van der Waals surface area contributed by atoms with Gasteiger partial charge in [0, 0.05) is 53.4 Å². The Kier molecular flexibility index (Phi) is 8.43. The third-order valence-corrected chi connectivity index (χ3v) is 7.25. The fourth-order valence-corrected chi connectivity index (χ4v) is 5.29. The Morgan fingerprint density at radius 3 is 2.37 bits per heavy atom. The smallest absolute Gasteiger partial charge is 0.348 e. The van der Waals surface area contributed by atoms with Crippen molar-refractivity contribution in [1.29, 1.82) is 5.26 Å². The molecule has 5 rings (SSSR count). The first kappa shape index (κ1) is 29.7. The summed E-state index contributed by atoms with van der Waals surface area (Å²) in [5, 5.41) is 14.9. The molecule has 2 aromatic carbocycles. The number of aryl methyl sites for hydroxylation is 2. The highest BCUT2D eigenvalue weighted by molar-refractivity contribution is 5.98. The molecule has 3 aromatic heterocycles. The van der Waals surface area contributed by atoms with E-state index < -0.39 is 23.5 Å². The van der Waals surface area contributed by atoms with E-state index in [2.05, 4.69) is 10.2 Å². The SMILES string of the molecule is Cn1cc(-n2c(-c3cn(CCCNCCCCN)c4ccccc34)c(C#N)n(OC(=O)C(F)(F)F)c2=O)c2ccccc21. The van der Waals surface area contributed by atoms with Gasteiger partial charge in [0.2, 0.25) is 0 Å². The average molecular weight is 594 g/mol. The van der Waals surface area contributed by atoms with Gasteiger partial charge in [-0.05, 0) is 51.0 Å². The number of unbranched alkanes of at least 4 members (excludes halogenated alkanes) is 1. The summed E-state index contributed by atoms with van der Waals surface area (Å²) in [4.78, 5) is 30.2. The van der Waals surface area contributed by atoms with Crippen LogP contribution >= 0.6 is 0 Å². The Hall–Kier alpha value is -4.80. The van der Waals surface area contributed by atoms with Crippen LogP contribution in [0.3, 0.4) is 0 Å². The monoisotopic (exact) mass is 593 g/mol. The summed E-state index contributed by atoms with van der Waals surface area (Å²) in [6.45, 7) is 2.84. The molecule has 10 nitrogen and oxygen atoms in total. The summed E-state index contributed by atoms with van der Waals surface area (Å²) in [6.07, 6.45) is 0.713. The molecule has 0 aliphatic carbocycles. The molecule has 0 aliphatic heterocycles. The maximum Gasteiger partial charge on any atom is 0.493 e. The van der Waals surface area contributed by atoms with Crippen LogP contribution in [0.2, 0.25) is 0 Å². The minimum atomic E-state index is -5.39. The van der Waals surface area contributed by atoms with E-state index in [1.54, 1.807) is 42.2 Å². The van der Waals surface area contributed by atoms with E-state index in [1.807, 2.05) is 41.0 Å². The molecule has 0 amide bonds. The van der Waals surface area contributed by atoms with Crippen molar-refractivity contribution in [3.8, 4) is 23.0 Å². The number of aromatic nitrogens is 4. The van der Waals surface area contributed by atoms with E-state index in [0.29, 0.717) is 35.1 Å². The molecule has 5 aromatic rings. The first-order valence-electron chi connectivity index (χ1n) is 13.8. The van der Waals surface area contributed by atoms with Gasteiger partial charge in [-0.25, -0.2) is 9.59 Å². The van der Waals surface area contributed by atoms with Gasteiger partial charge in [-0.3, -0.25) is 4.57 Å². The molecule has 0 spiro atoms. The second kappa shape index (κ2) is 12.2. The Morgan fingerprint density at radius 2 is 1.67 bits per heavy atom. The fourth-order valence-electron chi connectivity index (χ4n) is 5.29. The van der Waals surface area contributed by atoms with Crippen LogP contribution in [-0.2, 0) is 18.4 Å². The number of fused-ring (bicyclic) bond motifs is 2. The number of benzene rings is 2.